The van der Waals surface area contributed by atoms with Crippen molar-refractivity contribution < 1.29 is 4.39 Å². The first kappa shape index (κ1) is 20.5. The third-order valence-electron chi connectivity index (χ3n) is 4.98. The number of rotatable bonds is 5. The maximum Gasteiger partial charge on any atom is 0.253 e. The Kier molecular flexibility index (Phi) is 5.33. The van der Waals surface area contributed by atoms with Crippen LogP contribution in [0.4, 0.5) is 4.39 Å². The molecule has 0 spiro atoms. The molecule has 0 aromatic carbocycles. The summed E-state index contributed by atoms with van der Waals surface area (Å²) in [7, 11) is 2.29. The van der Waals surface area contributed by atoms with Gasteiger partial charge in [-0.25, -0.2) is 19.3 Å². The molecule has 0 amide bonds. The predicted octanol–water partition coefficient (Wildman–Crippen LogP) is 4.72. The first-order valence-corrected chi connectivity index (χ1v) is 10.6. The first-order chi connectivity index (χ1) is 14.3. The summed E-state index contributed by atoms with van der Waals surface area (Å²) in [5, 5.41) is 3.79. The highest BCUT2D eigenvalue weighted by molar-refractivity contribution is 7.18. The number of aryl methyl sites for hydroxylation is 3. The standard InChI is InChI=1S/C22H24FN6P/c1-5-15-10-13(3)25-21(26-15)29-20-19(17(6-2)28-29)16(22(4,23)30)11-18(27-20)14-8-7-9-24-12-14/h7-12H,5-6,30H2,1-4H3. The number of hydrogen-bond donors (Lipinski definition) is 0. The second kappa shape index (κ2) is 7.80. The lowest BCUT2D eigenvalue weighted by molar-refractivity contribution is 0.326. The quantitative estimate of drug-likeness (QED) is 0.435. The van der Waals surface area contributed by atoms with Gasteiger partial charge in [-0.2, -0.15) is 9.78 Å². The summed E-state index contributed by atoms with van der Waals surface area (Å²) in [6.45, 7) is 7.49. The molecule has 0 N–H and O–H groups in total. The number of alkyl halides is 1. The van der Waals surface area contributed by atoms with Crippen molar-refractivity contribution in [3.63, 3.8) is 0 Å². The molecule has 0 fully saturated rings. The average Bonchev–Trinajstić information content (AvgIpc) is 3.11. The van der Waals surface area contributed by atoms with Crippen molar-refractivity contribution in [2.45, 2.75) is 45.9 Å². The van der Waals surface area contributed by atoms with Crippen LogP contribution in [0, 0.1) is 6.92 Å². The van der Waals surface area contributed by atoms with E-state index in [4.69, 9.17) is 10.1 Å². The fourth-order valence-corrected chi connectivity index (χ4v) is 3.74. The first-order valence-electron chi connectivity index (χ1n) is 9.98. The van der Waals surface area contributed by atoms with Crippen LogP contribution in [-0.2, 0) is 18.3 Å². The van der Waals surface area contributed by atoms with Crippen molar-refractivity contribution in [1.82, 2.24) is 29.7 Å². The lowest BCUT2D eigenvalue weighted by Gasteiger charge is -2.17. The summed E-state index contributed by atoms with van der Waals surface area (Å²) >= 11 is 0. The zero-order chi connectivity index (χ0) is 21.5. The van der Waals surface area contributed by atoms with Crippen LogP contribution in [0.3, 0.4) is 0 Å². The highest BCUT2D eigenvalue weighted by Crippen LogP contribution is 2.40. The third-order valence-corrected chi connectivity index (χ3v) is 5.29. The van der Waals surface area contributed by atoms with E-state index in [9.17, 15) is 0 Å². The van der Waals surface area contributed by atoms with Crippen molar-refractivity contribution in [2.24, 2.45) is 0 Å². The van der Waals surface area contributed by atoms with Crippen LogP contribution in [0.15, 0.2) is 36.7 Å². The second-order valence-corrected chi connectivity index (χ2v) is 8.52. The summed E-state index contributed by atoms with van der Waals surface area (Å²) in [6.07, 6.45) is 4.84. The fraction of sp³-hybridized carbons (Fsp3) is 0.318. The Bertz CT molecular complexity index is 1210. The summed E-state index contributed by atoms with van der Waals surface area (Å²) in [5.74, 6) is 0.447. The Balaban J connectivity index is 2.09. The van der Waals surface area contributed by atoms with Crippen LogP contribution in [0.5, 0.6) is 0 Å². The van der Waals surface area contributed by atoms with Crippen LogP contribution in [0.2, 0.25) is 0 Å². The summed E-state index contributed by atoms with van der Waals surface area (Å²) < 4.78 is 16.9. The van der Waals surface area contributed by atoms with Gasteiger partial charge in [-0.1, -0.05) is 23.1 Å². The van der Waals surface area contributed by atoms with E-state index < -0.39 is 5.41 Å². The van der Waals surface area contributed by atoms with Crippen molar-refractivity contribution in [1.29, 1.82) is 0 Å². The van der Waals surface area contributed by atoms with Crippen LogP contribution in [0.25, 0.3) is 28.2 Å². The van der Waals surface area contributed by atoms with Crippen LogP contribution < -0.4 is 0 Å². The fourth-order valence-electron chi connectivity index (χ4n) is 3.51. The number of aromatic nitrogens is 6. The number of pyridine rings is 2. The maximum absolute atomic E-state index is 15.3. The second-order valence-electron chi connectivity index (χ2n) is 7.44. The number of nitrogens with zero attached hydrogens (tertiary/aromatic N) is 6. The molecule has 0 saturated carbocycles. The Morgan fingerprint density at radius 3 is 2.57 bits per heavy atom. The van der Waals surface area contributed by atoms with Gasteiger partial charge >= 0.3 is 0 Å². The Labute approximate surface area is 177 Å². The molecule has 2 unspecified atom stereocenters. The highest BCUT2D eigenvalue weighted by atomic mass is 31.0. The number of fused-ring (bicyclic) bond motifs is 1. The van der Waals surface area contributed by atoms with Gasteiger partial charge in [-0.3, -0.25) is 4.98 Å². The van der Waals surface area contributed by atoms with E-state index >= 15 is 4.39 Å². The van der Waals surface area contributed by atoms with Gasteiger partial charge in [-0.15, -0.1) is 0 Å². The zero-order valence-electron chi connectivity index (χ0n) is 17.5. The van der Waals surface area contributed by atoms with E-state index in [1.54, 1.807) is 23.1 Å². The van der Waals surface area contributed by atoms with Gasteiger partial charge in [0.2, 0.25) is 0 Å². The molecule has 2 atom stereocenters. The van der Waals surface area contributed by atoms with Gasteiger partial charge in [-0.05, 0) is 51.0 Å². The lowest BCUT2D eigenvalue weighted by Crippen LogP contribution is -2.09. The van der Waals surface area contributed by atoms with Gasteiger partial charge in [0.15, 0.2) is 5.65 Å². The van der Waals surface area contributed by atoms with Crippen LogP contribution in [-0.4, -0.2) is 29.7 Å². The Morgan fingerprint density at radius 1 is 1.13 bits per heavy atom. The summed E-state index contributed by atoms with van der Waals surface area (Å²) in [6, 6.07) is 7.48. The Hall–Kier alpha value is -2.79. The SMILES string of the molecule is CCc1cc(C)nc(-n2nc(CC)c3c(C(C)(F)P)cc(-c4cccnc4)nc32)n1. The minimum atomic E-state index is -1.65. The zero-order valence-corrected chi connectivity index (χ0v) is 18.7. The molecule has 0 aliphatic rings. The van der Waals surface area contributed by atoms with Crippen molar-refractivity contribution >= 4 is 20.3 Å². The van der Waals surface area contributed by atoms with Gasteiger partial charge in [0.25, 0.3) is 5.95 Å². The molecule has 0 aliphatic heterocycles. The molecule has 4 aromatic rings. The van der Waals surface area contributed by atoms with Gasteiger partial charge < -0.3 is 0 Å². The average molecular weight is 422 g/mol. The normalized spacial score (nSPS) is 13.5. The maximum atomic E-state index is 15.3. The van der Waals surface area contributed by atoms with Crippen LogP contribution in [0.1, 0.15) is 43.4 Å². The third kappa shape index (κ3) is 3.70. The molecule has 6 nitrogen and oxygen atoms in total. The minimum absolute atomic E-state index is 0.447. The molecule has 0 aliphatic carbocycles. The topological polar surface area (TPSA) is 69.4 Å². The smallest absolute Gasteiger partial charge is 0.253 e. The van der Waals surface area contributed by atoms with Gasteiger partial charge in [0, 0.05) is 40.3 Å². The molecule has 4 aromatic heterocycles. The summed E-state index contributed by atoms with van der Waals surface area (Å²) in [4.78, 5) is 18.3. The Morgan fingerprint density at radius 2 is 1.93 bits per heavy atom. The van der Waals surface area contributed by atoms with E-state index in [0.717, 1.165) is 29.1 Å². The van der Waals surface area contributed by atoms with Crippen molar-refractivity contribution in [3.8, 4) is 17.2 Å². The predicted molar refractivity (Wildman–Crippen MR) is 119 cm³/mol. The largest absolute Gasteiger partial charge is 0.264 e. The van der Waals surface area contributed by atoms with E-state index in [-0.39, 0.29) is 0 Å². The molecular weight excluding hydrogens is 398 g/mol. The molecule has 30 heavy (non-hydrogen) atoms. The molecule has 0 radical (unpaired) electrons. The molecule has 0 saturated heterocycles. The van der Waals surface area contributed by atoms with Gasteiger partial charge in [0.05, 0.1) is 11.4 Å². The van der Waals surface area contributed by atoms with Crippen molar-refractivity contribution in [2.75, 3.05) is 0 Å². The van der Waals surface area contributed by atoms with Crippen LogP contribution >= 0.6 is 9.24 Å². The van der Waals surface area contributed by atoms with E-state index in [0.29, 0.717) is 34.7 Å². The van der Waals surface area contributed by atoms with E-state index in [1.165, 1.54) is 6.92 Å². The molecular formula is C22H24FN6P. The molecule has 0 bridgehead atoms. The minimum Gasteiger partial charge on any atom is -0.264 e. The highest BCUT2D eigenvalue weighted by Gasteiger charge is 2.28. The van der Waals surface area contributed by atoms with Crippen molar-refractivity contribution in [3.05, 3.63) is 59.3 Å². The number of halogens is 1. The molecule has 4 heterocycles. The van der Waals surface area contributed by atoms with E-state index in [1.807, 2.05) is 39.0 Å². The summed E-state index contributed by atoms with van der Waals surface area (Å²) in [5.41, 5.74) is 5.03. The number of hydrogen-bond acceptors (Lipinski definition) is 5. The molecule has 8 heteroatoms. The van der Waals surface area contributed by atoms with Gasteiger partial charge in [0.1, 0.15) is 5.41 Å². The lowest BCUT2D eigenvalue weighted by atomic mass is 10.0. The van der Waals surface area contributed by atoms with E-state index in [2.05, 4.69) is 24.2 Å². The monoisotopic (exact) mass is 422 g/mol. The molecule has 4 rings (SSSR count). The molecule has 154 valence electrons.